The lowest BCUT2D eigenvalue weighted by atomic mass is 10.5. The summed E-state index contributed by atoms with van der Waals surface area (Å²) in [4.78, 5) is 7.77. The van der Waals surface area contributed by atoms with E-state index in [1.807, 2.05) is 12.3 Å². The van der Waals surface area contributed by atoms with Gasteiger partial charge in [-0.05, 0) is 6.26 Å². The predicted octanol–water partition coefficient (Wildman–Crippen LogP) is 1.07. The SMILES string of the molecule is CSc1nccnc1C#N. The van der Waals surface area contributed by atoms with Crippen LogP contribution in [0.25, 0.3) is 0 Å². The number of hydrogen-bond acceptors (Lipinski definition) is 4. The van der Waals surface area contributed by atoms with Crippen LogP contribution in [0.2, 0.25) is 0 Å². The molecule has 0 amide bonds. The molecule has 1 aromatic rings. The van der Waals surface area contributed by atoms with Gasteiger partial charge in [0.1, 0.15) is 11.1 Å². The summed E-state index contributed by atoms with van der Waals surface area (Å²) in [7, 11) is 0. The van der Waals surface area contributed by atoms with Crippen molar-refractivity contribution in [1.29, 1.82) is 5.26 Å². The van der Waals surface area contributed by atoms with Gasteiger partial charge in [-0.2, -0.15) is 5.26 Å². The van der Waals surface area contributed by atoms with E-state index in [0.717, 1.165) is 0 Å². The highest BCUT2D eigenvalue weighted by Gasteiger charge is 1.99. The van der Waals surface area contributed by atoms with Crippen molar-refractivity contribution >= 4 is 11.8 Å². The number of rotatable bonds is 1. The van der Waals surface area contributed by atoms with Crippen molar-refractivity contribution in [3.8, 4) is 6.07 Å². The van der Waals surface area contributed by atoms with E-state index in [4.69, 9.17) is 5.26 Å². The zero-order valence-corrected chi connectivity index (χ0v) is 6.22. The Bertz CT molecular complexity index is 266. The van der Waals surface area contributed by atoms with Crippen molar-refractivity contribution in [3.63, 3.8) is 0 Å². The molecule has 0 radical (unpaired) electrons. The summed E-state index contributed by atoms with van der Waals surface area (Å²) in [6.45, 7) is 0. The number of nitrogens with zero attached hydrogens (tertiary/aromatic N) is 3. The van der Waals surface area contributed by atoms with Crippen LogP contribution in [0.15, 0.2) is 17.4 Å². The summed E-state index contributed by atoms with van der Waals surface area (Å²) in [6, 6.07) is 1.95. The molecule has 0 aliphatic carbocycles. The van der Waals surface area contributed by atoms with Crippen molar-refractivity contribution in [2.75, 3.05) is 6.26 Å². The Hall–Kier alpha value is -1.08. The van der Waals surface area contributed by atoms with Crippen LogP contribution in [-0.2, 0) is 0 Å². The van der Waals surface area contributed by atoms with Crippen LogP contribution >= 0.6 is 11.8 Å². The second-order valence-electron chi connectivity index (χ2n) is 1.53. The first-order valence-corrected chi connectivity index (χ1v) is 3.86. The highest BCUT2D eigenvalue weighted by Crippen LogP contribution is 2.12. The van der Waals surface area contributed by atoms with Gasteiger partial charge in [-0.25, -0.2) is 9.97 Å². The fourth-order valence-corrected chi connectivity index (χ4v) is 1.01. The maximum atomic E-state index is 8.48. The summed E-state index contributed by atoms with van der Waals surface area (Å²) < 4.78 is 0. The van der Waals surface area contributed by atoms with E-state index in [1.54, 1.807) is 6.20 Å². The molecule has 0 aliphatic heterocycles. The lowest BCUT2D eigenvalue weighted by Gasteiger charge is -1.93. The van der Waals surface area contributed by atoms with Gasteiger partial charge in [0.25, 0.3) is 0 Å². The topological polar surface area (TPSA) is 49.6 Å². The lowest BCUT2D eigenvalue weighted by Crippen LogP contribution is -1.87. The first kappa shape index (κ1) is 7.03. The van der Waals surface area contributed by atoms with E-state index in [2.05, 4.69) is 9.97 Å². The molecule has 0 fully saturated rings. The Labute approximate surface area is 63.1 Å². The van der Waals surface area contributed by atoms with Crippen LogP contribution in [0.1, 0.15) is 5.69 Å². The molecule has 0 bridgehead atoms. The molecule has 1 heterocycles. The minimum absolute atomic E-state index is 0.398. The number of thioether (sulfide) groups is 1. The third kappa shape index (κ3) is 1.25. The molecule has 1 rings (SSSR count). The van der Waals surface area contributed by atoms with E-state index in [-0.39, 0.29) is 0 Å². The second kappa shape index (κ2) is 3.18. The number of nitriles is 1. The molecule has 50 valence electrons. The highest BCUT2D eigenvalue weighted by molar-refractivity contribution is 7.98. The van der Waals surface area contributed by atoms with E-state index >= 15 is 0 Å². The lowest BCUT2D eigenvalue weighted by molar-refractivity contribution is 1.03. The van der Waals surface area contributed by atoms with E-state index in [9.17, 15) is 0 Å². The zero-order chi connectivity index (χ0) is 7.40. The molecule has 3 nitrogen and oxygen atoms in total. The van der Waals surface area contributed by atoms with Gasteiger partial charge in [-0.15, -0.1) is 11.8 Å². The molecule has 0 N–H and O–H groups in total. The maximum absolute atomic E-state index is 8.48. The van der Waals surface area contributed by atoms with Crippen molar-refractivity contribution in [2.24, 2.45) is 0 Å². The van der Waals surface area contributed by atoms with Gasteiger partial charge < -0.3 is 0 Å². The quantitative estimate of drug-likeness (QED) is 0.563. The summed E-state index contributed by atoms with van der Waals surface area (Å²) in [5.74, 6) is 0. The highest BCUT2D eigenvalue weighted by atomic mass is 32.2. The zero-order valence-electron chi connectivity index (χ0n) is 5.40. The monoisotopic (exact) mass is 151 g/mol. The Morgan fingerprint density at radius 2 is 2.20 bits per heavy atom. The number of hydrogen-bond donors (Lipinski definition) is 0. The molecule has 0 saturated heterocycles. The predicted molar refractivity (Wildman–Crippen MR) is 38.5 cm³/mol. The summed E-state index contributed by atoms with van der Waals surface area (Å²) >= 11 is 1.42. The Morgan fingerprint density at radius 3 is 2.70 bits per heavy atom. The normalized spacial score (nSPS) is 8.80. The van der Waals surface area contributed by atoms with Crippen LogP contribution < -0.4 is 0 Å². The van der Waals surface area contributed by atoms with Gasteiger partial charge in [0, 0.05) is 12.4 Å². The van der Waals surface area contributed by atoms with Crippen LogP contribution in [-0.4, -0.2) is 16.2 Å². The smallest absolute Gasteiger partial charge is 0.172 e. The molecule has 4 heteroatoms. The molecule has 0 aromatic carbocycles. The summed E-state index contributed by atoms with van der Waals surface area (Å²) in [5, 5.41) is 9.17. The average Bonchev–Trinajstić information content (AvgIpc) is 2.04. The number of aromatic nitrogens is 2. The van der Waals surface area contributed by atoms with Crippen LogP contribution in [0.3, 0.4) is 0 Å². The van der Waals surface area contributed by atoms with E-state index in [1.165, 1.54) is 18.0 Å². The summed E-state index contributed by atoms with van der Waals surface area (Å²) in [6.07, 6.45) is 4.95. The third-order valence-corrected chi connectivity index (χ3v) is 1.65. The van der Waals surface area contributed by atoms with Crippen LogP contribution in [0.5, 0.6) is 0 Å². The second-order valence-corrected chi connectivity index (χ2v) is 2.32. The first-order chi connectivity index (χ1) is 4.88. The average molecular weight is 151 g/mol. The van der Waals surface area contributed by atoms with Crippen molar-refractivity contribution in [3.05, 3.63) is 18.1 Å². The Kier molecular flexibility index (Phi) is 2.24. The van der Waals surface area contributed by atoms with Crippen molar-refractivity contribution < 1.29 is 0 Å². The third-order valence-electron chi connectivity index (χ3n) is 0.964. The van der Waals surface area contributed by atoms with E-state index in [0.29, 0.717) is 10.7 Å². The van der Waals surface area contributed by atoms with Crippen LogP contribution in [0, 0.1) is 11.3 Å². The fourth-order valence-electron chi connectivity index (χ4n) is 0.551. The molecule has 0 spiro atoms. The fraction of sp³-hybridized carbons (Fsp3) is 0.167. The minimum atomic E-state index is 0.398. The molecule has 0 atom stereocenters. The van der Waals surface area contributed by atoms with Gasteiger partial charge in [-0.3, -0.25) is 0 Å². The van der Waals surface area contributed by atoms with Crippen molar-refractivity contribution in [1.82, 2.24) is 9.97 Å². The van der Waals surface area contributed by atoms with E-state index < -0.39 is 0 Å². The minimum Gasteiger partial charge on any atom is -0.245 e. The maximum Gasteiger partial charge on any atom is 0.172 e. The molecule has 0 aliphatic rings. The molecular weight excluding hydrogens is 146 g/mol. The molecule has 0 saturated carbocycles. The largest absolute Gasteiger partial charge is 0.245 e. The molecular formula is C6H5N3S. The van der Waals surface area contributed by atoms with Gasteiger partial charge in [0.15, 0.2) is 5.69 Å². The molecule has 10 heavy (non-hydrogen) atoms. The van der Waals surface area contributed by atoms with Crippen molar-refractivity contribution in [2.45, 2.75) is 5.03 Å². The van der Waals surface area contributed by atoms with Gasteiger partial charge >= 0.3 is 0 Å². The summed E-state index contributed by atoms with van der Waals surface area (Å²) in [5.41, 5.74) is 0.398. The molecule has 1 aromatic heterocycles. The Morgan fingerprint density at radius 1 is 1.50 bits per heavy atom. The van der Waals surface area contributed by atoms with Gasteiger partial charge in [0.05, 0.1) is 0 Å². The van der Waals surface area contributed by atoms with Gasteiger partial charge in [0.2, 0.25) is 0 Å². The first-order valence-electron chi connectivity index (χ1n) is 2.63. The molecule has 0 unspecified atom stereocenters. The Balaban J connectivity index is 3.12. The van der Waals surface area contributed by atoms with Gasteiger partial charge in [-0.1, -0.05) is 0 Å². The van der Waals surface area contributed by atoms with Crippen LogP contribution in [0.4, 0.5) is 0 Å². The standard InChI is InChI=1S/C6H5N3S/c1-10-6-5(4-7)8-2-3-9-6/h2-3H,1H3.